The van der Waals surface area contributed by atoms with E-state index < -0.39 is 0 Å². The van der Waals surface area contributed by atoms with E-state index in [9.17, 15) is 4.79 Å². The zero-order valence-electron chi connectivity index (χ0n) is 17.2. The number of ether oxygens (including phenoxy) is 2. The van der Waals surface area contributed by atoms with Crippen molar-refractivity contribution in [2.24, 2.45) is 0 Å². The Morgan fingerprint density at radius 1 is 1.13 bits per heavy atom. The minimum atomic E-state index is -0.287. The number of rotatable bonds is 8. The maximum atomic E-state index is 12.4. The molecule has 0 radical (unpaired) electrons. The Hall–Kier alpha value is -3.59. The number of amides is 2. The molecule has 0 saturated carbocycles. The molecule has 4 rings (SSSR count). The summed E-state index contributed by atoms with van der Waals surface area (Å²) in [5, 5.41) is 9.91. The van der Waals surface area contributed by atoms with Crippen LogP contribution in [0.3, 0.4) is 0 Å². The lowest BCUT2D eigenvalue weighted by Gasteiger charge is -2.29. The number of aromatic nitrogens is 3. The number of benzene rings is 1. The van der Waals surface area contributed by atoms with Crippen LogP contribution in [0.2, 0.25) is 0 Å². The van der Waals surface area contributed by atoms with E-state index in [-0.39, 0.29) is 6.03 Å². The summed E-state index contributed by atoms with van der Waals surface area (Å²) in [5.74, 6) is 1.57. The Morgan fingerprint density at radius 3 is 2.87 bits per heavy atom. The van der Waals surface area contributed by atoms with Crippen molar-refractivity contribution >= 4 is 17.5 Å². The topological polar surface area (TPSA) is 93.5 Å². The minimum absolute atomic E-state index is 0.287. The van der Waals surface area contributed by atoms with Crippen molar-refractivity contribution in [1.29, 1.82) is 0 Å². The van der Waals surface area contributed by atoms with Crippen molar-refractivity contribution in [2.45, 2.75) is 13.1 Å². The maximum absolute atomic E-state index is 12.4. The van der Waals surface area contributed by atoms with Gasteiger partial charge in [0.25, 0.3) is 0 Å². The smallest absolute Gasteiger partial charge is 0.319 e. The monoisotopic (exact) mass is 422 g/mol. The highest BCUT2D eigenvalue weighted by Crippen LogP contribution is 2.19. The zero-order chi connectivity index (χ0) is 21.3. The van der Waals surface area contributed by atoms with Gasteiger partial charge in [0, 0.05) is 55.5 Å². The number of hydrogen-bond donors (Lipinski definition) is 2. The molecule has 1 saturated heterocycles. The predicted molar refractivity (Wildman–Crippen MR) is 117 cm³/mol. The van der Waals surface area contributed by atoms with Crippen LogP contribution in [0.5, 0.6) is 5.75 Å². The number of carbonyl (C=O) groups is 1. The Kier molecular flexibility index (Phi) is 6.96. The summed E-state index contributed by atoms with van der Waals surface area (Å²) < 4.78 is 13.0. The quantitative estimate of drug-likeness (QED) is 0.579. The number of anilines is 2. The standard InChI is InChI=1S/C22H26N6O3/c29-22(24-17-18-4-2-7-23-21(18)27-10-13-30-14-11-27)26-19-5-1-6-20(16-19)31-15-12-28-9-3-8-25-28/h1-9,16H,10-15,17H2,(H2,24,26,29). The zero-order valence-corrected chi connectivity index (χ0v) is 17.2. The van der Waals surface area contributed by atoms with Crippen LogP contribution < -0.4 is 20.3 Å². The normalized spacial score (nSPS) is 13.6. The van der Waals surface area contributed by atoms with Crippen LogP contribution in [-0.2, 0) is 17.8 Å². The third-order valence-corrected chi connectivity index (χ3v) is 4.86. The third-order valence-electron chi connectivity index (χ3n) is 4.86. The van der Waals surface area contributed by atoms with Gasteiger partial charge < -0.3 is 25.0 Å². The number of hydrogen-bond acceptors (Lipinski definition) is 6. The first-order valence-corrected chi connectivity index (χ1v) is 10.3. The molecular formula is C22H26N6O3. The van der Waals surface area contributed by atoms with E-state index in [0.29, 0.717) is 44.3 Å². The number of urea groups is 1. The Morgan fingerprint density at radius 2 is 2.03 bits per heavy atom. The van der Waals surface area contributed by atoms with Gasteiger partial charge in [-0.2, -0.15) is 5.10 Å². The van der Waals surface area contributed by atoms with Crippen LogP contribution in [0.15, 0.2) is 61.1 Å². The maximum Gasteiger partial charge on any atom is 0.319 e. The Labute approximate surface area is 181 Å². The molecule has 3 heterocycles. The molecule has 9 heteroatoms. The van der Waals surface area contributed by atoms with Gasteiger partial charge in [0.15, 0.2) is 0 Å². The average Bonchev–Trinajstić information content (AvgIpc) is 3.32. The van der Waals surface area contributed by atoms with Crippen LogP contribution in [0, 0.1) is 0 Å². The molecule has 2 N–H and O–H groups in total. The molecule has 0 spiro atoms. The lowest BCUT2D eigenvalue weighted by atomic mass is 10.2. The summed E-state index contributed by atoms with van der Waals surface area (Å²) >= 11 is 0. The first kappa shape index (κ1) is 20.7. The molecule has 1 aliphatic rings. The van der Waals surface area contributed by atoms with Crippen LogP contribution in [0.1, 0.15) is 5.56 Å². The van der Waals surface area contributed by atoms with Crippen molar-refractivity contribution in [3.05, 3.63) is 66.6 Å². The molecule has 3 aromatic rings. The second-order valence-corrected chi connectivity index (χ2v) is 7.04. The highest BCUT2D eigenvalue weighted by molar-refractivity contribution is 5.89. The van der Waals surface area contributed by atoms with Gasteiger partial charge in [-0.15, -0.1) is 0 Å². The summed E-state index contributed by atoms with van der Waals surface area (Å²) in [6.45, 7) is 4.48. The molecule has 0 unspecified atom stereocenters. The number of nitrogens with one attached hydrogen (secondary N) is 2. The highest BCUT2D eigenvalue weighted by atomic mass is 16.5. The van der Waals surface area contributed by atoms with Gasteiger partial charge in [-0.1, -0.05) is 12.1 Å². The molecule has 0 aliphatic carbocycles. The fourth-order valence-electron chi connectivity index (χ4n) is 3.33. The predicted octanol–water partition coefficient (Wildman–Crippen LogP) is 2.52. The lowest BCUT2D eigenvalue weighted by molar-refractivity contribution is 0.122. The molecule has 0 atom stereocenters. The fourth-order valence-corrected chi connectivity index (χ4v) is 3.33. The van der Waals surface area contributed by atoms with Gasteiger partial charge in [0.2, 0.25) is 0 Å². The van der Waals surface area contributed by atoms with Gasteiger partial charge in [0.05, 0.1) is 19.8 Å². The number of morpholine rings is 1. The van der Waals surface area contributed by atoms with Crippen LogP contribution >= 0.6 is 0 Å². The summed E-state index contributed by atoms with van der Waals surface area (Å²) in [7, 11) is 0. The highest BCUT2D eigenvalue weighted by Gasteiger charge is 2.16. The largest absolute Gasteiger partial charge is 0.492 e. The van der Waals surface area contributed by atoms with Crippen LogP contribution in [0.4, 0.5) is 16.3 Å². The van der Waals surface area contributed by atoms with Crippen molar-refractivity contribution < 1.29 is 14.3 Å². The SMILES string of the molecule is O=C(NCc1cccnc1N1CCOCC1)Nc1cccc(OCCn2cccn2)c1. The first-order valence-electron chi connectivity index (χ1n) is 10.3. The van der Waals surface area contributed by atoms with Crippen molar-refractivity contribution in [3.63, 3.8) is 0 Å². The van der Waals surface area contributed by atoms with E-state index in [4.69, 9.17) is 9.47 Å². The summed E-state index contributed by atoms with van der Waals surface area (Å²) in [4.78, 5) is 19.1. The molecule has 1 aromatic carbocycles. The van der Waals surface area contributed by atoms with E-state index >= 15 is 0 Å². The van der Waals surface area contributed by atoms with E-state index in [0.717, 1.165) is 24.5 Å². The summed E-state index contributed by atoms with van der Waals surface area (Å²) in [6.07, 6.45) is 5.39. The van der Waals surface area contributed by atoms with Gasteiger partial charge in [-0.3, -0.25) is 4.68 Å². The third kappa shape index (κ3) is 5.95. The first-order chi connectivity index (χ1) is 15.3. The second kappa shape index (κ2) is 10.4. The van der Waals surface area contributed by atoms with Gasteiger partial charge in [-0.25, -0.2) is 9.78 Å². The molecule has 2 aromatic heterocycles. The van der Waals surface area contributed by atoms with Crippen LogP contribution in [-0.4, -0.2) is 53.7 Å². The fraction of sp³-hybridized carbons (Fsp3) is 0.318. The molecular weight excluding hydrogens is 396 g/mol. The van der Waals surface area contributed by atoms with Gasteiger partial charge >= 0.3 is 6.03 Å². The molecule has 1 aliphatic heterocycles. The number of nitrogens with zero attached hydrogens (tertiary/aromatic N) is 4. The molecule has 162 valence electrons. The van der Waals surface area contributed by atoms with E-state index in [1.807, 2.05) is 42.6 Å². The number of carbonyl (C=O) groups excluding carboxylic acids is 1. The average molecular weight is 422 g/mol. The van der Waals surface area contributed by atoms with Crippen molar-refractivity contribution in [2.75, 3.05) is 43.1 Å². The molecule has 1 fully saturated rings. The van der Waals surface area contributed by atoms with Crippen molar-refractivity contribution in [3.8, 4) is 5.75 Å². The second-order valence-electron chi connectivity index (χ2n) is 7.04. The molecule has 2 amide bonds. The van der Waals surface area contributed by atoms with Crippen LogP contribution in [0.25, 0.3) is 0 Å². The van der Waals surface area contributed by atoms with Crippen molar-refractivity contribution in [1.82, 2.24) is 20.1 Å². The lowest BCUT2D eigenvalue weighted by Crippen LogP contribution is -2.38. The minimum Gasteiger partial charge on any atom is -0.492 e. The van der Waals surface area contributed by atoms with E-state index in [2.05, 4.69) is 25.6 Å². The molecule has 31 heavy (non-hydrogen) atoms. The molecule has 9 nitrogen and oxygen atoms in total. The Bertz CT molecular complexity index is 973. The van der Waals surface area contributed by atoms with E-state index in [1.54, 1.807) is 23.1 Å². The summed E-state index contributed by atoms with van der Waals surface area (Å²) in [6, 6.07) is 12.8. The number of pyridine rings is 1. The molecule has 0 bridgehead atoms. The Balaban J connectivity index is 1.28. The van der Waals surface area contributed by atoms with E-state index in [1.165, 1.54) is 0 Å². The van der Waals surface area contributed by atoms with Gasteiger partial charge in [-0.05, 0) is 24.3 Å². The van der Waals surface area contributed by atoms with Gasteiger partial charge in [0.1, 0.15) is 18.2 Å². The summed E-state index contributed by atoms with van der Waals surface area (Å²) in [5.41, 5.74) is 1.63.